The highest BCUT2D eigenvalue weighted by atomic mass is 32.1. The Kier molecular flexibility index (Phi) is 5.68. The van der Waals surface area contributed by atoms with E-state index in [1.54, 1.807) is 12.1 Å². The van der Waals surface area contributed by atoms with Crippen molar-refractivity contribution < 1.29 is 18.0 Å². The Morgan fingerprint density at radius 1 is 1.07 bits per heavy atom. The maximum absolute atomic E-state index is 13.9. The fourth-order valence-electron chi connectivity index (χ4n) is 3.31. The van der Waals surface area contributed by atoms with Gasteiger partial charge in [-0.3, -0.25) is 9.69 Å². The number of aromatic nitrogens is 1. The van der Waals surface area contributed by atoms with Crippen LogP contribution in [-0.4, -0.2) is 55.1 Å². The molecule has 1 aliphatic rings. The van der Waals surface area contributed by atoms with E-state index in [0.717, 1.165) is 19.2 Å². The number of piperazine rings is 1. The zero-order valence-electron chi connectivity index (χ0n) is 15.5. The van der Waals surface area contributed by atoms with Crippen molar-refractivity contribution in [3.8, 4) is 0 Å². The molecule has 1 fully saturated rings. The highest BCUT2D eigenvalue weighted by Gasteiger charge is 2.21. The highest BCUT2D eigenvalue weighted by molar-refractivity contribution is 7.22. The maximum Gasteiger partial charge on any atom is 0.254 e. The minimum absolute atomic E-state index is 0.0387. The molecule has 1 amide bonds. The van der Waals surface area contributed by atoms with Crippen LogP contribution in [0.15, 0.2) is 36.4 Å². The highest BCUT2D eigenvalue weighted by Crippen LogP contribution is 2.31. The average Bonchev–Trinajstić information content (AvgIpc) is 3.13. The Balaban J connectivity index is 1.28. The molecule has 4 rings (SSSR count). The van der Waals surface area contributed by atoms with Gasteiger partial charge in [-0.05, 0) is 18.2 Å². The van der Waals surface area contributed by atoms with Crippen LogP contribution < -0.4 is 10.2 Å². The zero-order valence-corrected chi connectivity index (χ0v) is 16.3. The lowest BCUT2D eigenvalue weighted by Gasteiger charge is -2.34. The topological polar surface area (TPSA) is 48.5 Å². The van der Waals surface area contributed by atoms with Crippen molar-refractivity contribution in [3.05, 3.63) is 59.4 Å². The van der Waals surface area contributed by atoms with Gasteiger partial charge >= 0.3 is 0 Å². The summed E-state index contributed by atoms with van der Waals surface area (Å²) in [5.74, 6) is -2.21. The van der Waals surface area contributed by atoms with E-state index in [1.165, 1.54) is 29.5 Å². The molecule has 1 N–H and O–H groups in total. The summed E-state index contributed by atoms with van der Waals surface area (Å²) in [5, 5.41) is 3.42. The first kappa shape index (κ1) is 19.7. The van der Waals surface area contributed by atoms with Gasteiger partial charge in [0.15, 0.2) is 10.9 Å². The summed E-state index contributed by atoms with van der Waals surface area (Å²) in [6.07, 6.45) is 0. The first-order valence-corrected chi connectivity index (χ1v) is 10.1. The van der Waals surface area contributed by atoms with Crippen molar-refractivity contribution >= 4 is 32.6 Å². The van der Waals surface area contributed by atoms with E-state index >= 15 is 0 Å². The van der Waals surface area contributed by atoms with Gasteiger partial charge in [-0.2, -0.15) is 0 Å². The van der Waals surface area contributed by atoms with Crippen LogP contribution in [0, 0.1) is 17.5 Å². The van der Waals surface area contributed by atoms with Crippen LogP contribution >= 0.6 is 11.3 Å². The average molecular weight is 420 g/mol. The molecule has 1 aliphatic heterocycles. The second-order valence-corrected chi connectivity index (χ2v) is 7.80. The zero-order chi connectivity index (χ0) is 20.4. The molecule has 29 heavy (non-hydrogen) atoms. The van der Waals surface area contributed by atoms with E-state index in [-0.39, 0.29) is 11.1 Å². The second-order valence-electron chi connectivity index (χ2n) is 6.80. The van der Waals surface area contributed by atoms with Gasteiger partial charge in [0.25, 0.3) is 5.91 Å². The number of rotatable bonds is 5. The lowest BCUT2D eigenvalue weighted by Crippen LogP contribution is -2.48. The number of amides is 1. The lowest BCUT2D eigenvalue weighted by molar-refractivity contribution is 0.0943. The number of anilines is 1. The Morgan fingerprint density at radius 2 is 1.83 bits per heavy atom. The number of fused-ring (bicyclic) bond motifs is 1. The fourth-order valence-corrected chi connectivity index (χ4v) is 4.37. The fraction of sp³-hybridized carbons (Fsp3) is 0.300. The van der Waals surface area contributed by atoms with E-state index in [4.69, 9.17) is 0 Å². The van der Waals surface area contributed by atoms with Gasteiger partial charge in [0, 0.05) is 45.3 Å². The van der Waals surface area contributed by atoms with Crippen LogP contribution in [0.4, 0.5) is 18.3 Å². The molecule has 152 valence electrons. The smallest absolute Gasteiger partial charge is 0.254 e. The molecule has 0 atom stereocenters. The molecule has 1 saturated heterocycles. The summed E-state index contributed by atoms with van der Waals surface area (Å²) in [5.41, 5.74) is 0.238. The minimum Gasteiger partial charge on any atom is -0.351 e. The molecular weight excluding hydrogens is 401 g/mol. The monoisotopic (exact) mass is 420 g/mol. The number of carbonyl (C=O) groups is 1. The largest absolute Gasteiger partial charge is 0.351 e. The molecule has 0 bridgehead atoms. The van der Waals surface area contributed by atoms with Gasteiger partial charge in [0.05, 0.1) is 10.3 Å². The van der Waals surface area contributed by atoms with Gasteiger partial charge in [0.2, 0.25) is 0 Å². The molecular formula is C20H19F3N4OS. The van der Waals surface area contributed by atoms with Gasteiger partial charge in [-0.25, -0.2) is 18.2 Å². The molecule has 5 nitrogen and oxygen atoms in total. The van der Waals surface area contributed by atoms with Gasteiger partial charge < -0.3 is 10.2 Å². The third-order valence-electron chi connectivity index (χ3n) is 4.88. The van der Waals surface area contributed by atoms with Crippen LogP contribution in [0.5, 0.6) is 0 Å². The second kappa shape index (κ2) is 8.38. The molecule has 0 spiro atoms. The molecule has 0 saturated carbocycles. The number of carbonyl (C=O) groups excluding carboxylic acids is 1. The number of hydrogen-bond donors (Lipinski definition) is 1. The predicted octanol–water partition coefficient (Wildman–Crippen LogP) is 3.27. The SMILES string of the molecule is O=C(NCCN1CCN(c2nc3c(F)cc(F)cc3s2)CC1)c1ccccc1F. The van der Waals surface area contributed by atoms with Crippen LogP contribution in [0.2, 0.25) is 0 Å². The molecule has 0 aliphatic carbocycles. The molecule has 0 unspecified atom stereocenters. The molecule has 9 heteroatoms. The molecule has 1 aromatic heterocycles. The Hall–Kier alpha value is -2.65. The van der Waals surface area contributed by atoms with Gasteiger partial charge in [0.1, 0.15) is 17.2 Å². The van der Waals surface area contributed by atoms with E-state index in [1.807, 2.05) is 0 Å². The number of nitrogens with zero attached hydrogens (tertiary/aromatic N) is 3. The molecule has 3 aromatic rings. The Morgan fingerprint density at radius 3 is 2.59 bits per heavy atom. The summed E-state index contributed by atoms with van der Waals surface area (Å²) in [6, 6.07) is 8.03. The first-order valence-electron chi connectivity index (χ1n) is 9.27. The standard InChI is InChI=1S/C20H19F3N4OS/c21-13-11-16(23)18-17(12-13)29-20(25-18)27-9-7-26(8-10-27)6-5-24-19(28)14-3-1-2-4-15(14)22/h1-4,11-12H,5-10H2,(H,24,28). The van der Waals surface area contributed by atoms with Gasteiger partial charge in [-0.15, -0.1) is 0 Å². The summed E-state index contributed by atoms with van der Waals surface area (Å²) in [4.78, 5) is 20.6. The third-order valence-corrected chi connectivity index (χ3v) is 5.94. The van der Waals surface area contributed by atoms with E-state index in [9.17, 15) is 18.0 Å². The third kappa shape index (κ3) is 4.35. The summed E-state index contributed by atoms with van der Waals surface area (Å²) in [6.45, 7) is 3.97. The van der Waals surface area contributed by atoms with E-state index < -0.39 is 23.4 Å². The Labute approximate surface area is 169 Å². The lowest BCUT2D eigenvalue weighted by atomic mass is 10.2. The number of benzene rings is 2. The normalized spacial score (nSPS) is 15.1. The van der Waals surface area contributed by atoms with E-state index in [2.05, 4.69) is 20.1 Å². The van der Waals surface area contributed by atoms with Crippen molar-refractivity contribution in [2.24, 2.45) is 0 Å². The minimum atomic E-state index is -0.647. The van der Waals surface area contributed by atoms with Crippen molar-refractivity contribution in [2.75, 3.05) is 44.2 Å². The maximum atomic E-state index is 13.9. The van der Waals surface area contributed by atoms with Crippen molar-refractivity contribution in [1.29, 1.82) is 0 Å². The van der Waals surface area contributed by atoms with E-state index in [0.29, 0.717) is 36.0 Å². The molecule has 2 aromatic carbocycles. The van der Waals surface area contributed by atoms with Crippen molar-refractivity contribution in [1.82, 2.24) is 15.2 Å². The summed E-state index contributed by atoms with van der Waals surface area (Å²) < 4.78 is 41.4. The Bertz CT molecular complexity index is 1030. The quantitative estimate of drug-likeness (QED) is 0.689. The van der Waals surface area contributed by atoms with Crippen molar-refractivity contribution in [2.45, 2.75) is 0 Å². The number of halogens is 3. The van der Waals surface area contributed by atoms with Crippen molar-refractivity contribution in [3.63, 3.8) is 0 Å². The molecule has 2 heterocycles. The number of thiazole rings is 1. The van der Waals surface area contributed by atoms with Crippen LogP contribution in [-0.2, 0) is 0 Å². The van der Waals surface area contributed by atoms with Crippen LogP contribution in [0.1, 0.15) is 10.4 Å². The predicted molar refractivity (Wildman–Crippen MR) is 107 cm³/mol. The van der Waals surface area contributed by atoms with Crippen LogP contribution in [0.25, 0.3) is 10.2 Å². The summed E-state index contributed by atoms with van der Waals surface area (Å²) >= 11 is 1.28. The number of nitrogens with one attached hydrogen (secondary N) is 1. The number of hydrogen-bond acceptors (Lipinski definition) is 5. The summed E-state index contributed by atoms with van der Waals surface area (Å²) in [7, 11) is 0. The molecule has 0 radical (unpaired) electrons. The first-order chi connectivity index (χ1) is 14.0. The van der Waals surface area contributed by atoms with Crippen LogP contribution in [0.3, 0.4) is 0 Å². The van der Waals surface area contributed by atoms with Gasteiger partial charge in [-0.1, -0.05) is 23.5 Å².